The van der Waals surface area contributed by atoms with Gasteiger partial charge < -0.3 is 35.8 Å². The number of phenols is 1. The number of aliphatic imine (C=N–C) groups is 1. The van der Waals surface area contributed by atoms with E-state index in [4.69, 9.17) is 25.3 Å². The topological polar surface area (TPSA) is 152 Å². The first-order valence-corrected chi connectivity index (χ1v) is 15.8. The van der Waals surface area contributed by atoms with Gasteiger partial charge in [-0.05, 0) is 75.9 Å². The van der Waals surface area contributed by atoms with Crippen molar-refractivity contribution >= 4 is 34.5 Å². The zero-order chi connectivity index (χ0) is 32.4. The Morgan fingerprint density at radius 1 is 1.20 bits per heavy atom. The first kappa shape index (κ1) is 31.2. The van der Waals surface area contributed by atoms with Gasteiger partial charge in [0.15, 0.2) is 0 Å². The van der Waals surface area contributed by atoms with Gasteiger partial charge in [0.05, 0.1) is 47.3 Å². The van der Waals surface area contributed by atoms with Gasteiger partial charge in [0.2, 0.25) is 0 Å². The van der Waals surface area contributed by atoms with Gasteiger partial charge in [-0.3, -0.25) is 4.98 Å². The van der Waals surface area contributed by atoms with Crippen LogP contribution in [0.2, 0.25) is 0 Å². The smallest absolute Gasteiger partial charge is 0.407 e. The molecule has 1 aromatic carbocycles. The highest BCUT2D eigenvalue weighted by Gasteiger charge is 2.28. The lowest BCUT2D eigenvalue weighted by atomic mass is 10.1. The predicted octanol–water partition coefficient (Wildman–Crippen LogP) is 5.01. The number of fused-ring (bicyclic) bond motifs is 1. The van der Waals surface area contributed by atoms with E-state index in [1.807, 2.05) is 50.7 Å². The third kappa shape index (κ3) is 6.86. The molecule has 0 radical (unpaired) electrons. The highest BCUT2D eigenvalue weighted by molar-refractivity contribution is 6.06. The molecular weight excluding hydrogens is 584 g/mol. The van der Waals surface area contributed by atoms with Gasteiger partial charge >= 0.3 is 6.09 Å². The molecule has 0 aliphatic carbocycles. The van der Waals surface area contributed by atoms with E-state index in [9.17, 15) is 9.90 Å². The van der Waals surface area contributed by atoms with E-state index in [1.165, 1.54) is 0 Å². The monoisotopic (exact) mass is 626 g/mol. The van der Waals surface area contributed by atoms with Crippen LogP contribution in [0.5, 0.6) is 5.75 Å². The number of benzene rings is 1. The van der Waals surface area contributed by atoms with Crippen LogP contribution < -0.4 is 21.3 Å². The van der Waals surface area contributed by atoms with Crippen LogP contribution >= 0.6 is 0 Å². The summed E-state index contributed by atoms with van der Waals surface area (Å²) >= 11 is 0. The summed E-state index contributed by atoms with van der Waals surface area (Å²) in [6.45, 7) is 10.3. The molecule has 0 unspecified atom stereocenters. The Morgan fingerprint density at radius 3 is 2.80 bits per heavy atom. The summed E-state index contributed by atoms with van der Waals surface area (Å²) in [5, 5.41) is 21.4. The molecule has 2 fully saturated rings. The van der Waals surface area contributed by atoms with Crippen LogP contribution in [-0.4, -0.2) is 75.6 Å². The minimum Gasteiger partial charge on any atom is -0.508 e. The quantitative estimate of drug-likeness (QED) is 0.156. The molecule has 1 amide bonds. The summed E-state index contributed by atoms with van der Waals surface area (Å²) in [5.74, 6) is 0.516. The number of alkyl carbamates (subject to hydrolysis) is 1. The molecule has 2 aliphatic heterocycles. The fourth-order valence-corrected chi connectivity index (χ4v) is 6.01. The lowest BCUT2D eigenvalue weighted by molar-refractivity contribution is 0.0509. The van der Waals surface area contributed by atoms with Crippen LogP contribution in [0, 0.1) is 0 Å². The lowest BCUT2D eigenvalue weighted by Gasteiger charge is -2.23. The number of hydrogen-bond acceptors (Lipinski definition) is 9. The van der Waals surface area contributed by atoms with Crippen LogP contribution in [0.3, 0.4) is 0 Å². The maximum atomic E-state index is 12.4. The van der Waals surface area contributed by atoms with Crippen LogP contribution in [0.15, 0.2) is 60.1 Å². The number of aromatic hydroxyl groups is 1. The maximum Gasteiger partial charge on any atom is 0.407 e. The summed E-state index contributed by atoms with van der Waals surface area (Å²) < 4.78 is 13.0. The molecule has 3 aromatic heterocycles. The van der Waals surface area contributed by atoms with Crippen molar-refractivity contribution in [1.29, 1.82) is 0 Å². The van der Waals surface area contributed by atoms with E-state index in [0.29, 0.717) is 43.3 Å². The number of carbonyl (C=O) groups is 1. The minimum atomic E-state index is -0.551. The number of aromatic nitrogens is 3. The second kappa shape index (κ2) is 12.9. The van der Waals surface area contributed by atoms with Crippen molar-refractivity contribution in [3.63, 3.8) is 0 Å². The molecule has 5 heterocycles. The van der Waals surface area contributed by atoms with Gasteiger partial charge in [0.1, 0.15) is 17.2 Å². The number of nitrogens with two attached hydrogens (primary N) is 1. The number of phenolic OH excluding ortho intramolecular Hbond substituents is 1. The number of hydrogen-bond donors (Lipinski definition) is 4. The molecule has 0 bridgehead atoms. The number of ether oxygens (including phenoxy) is 2. The highest BCUT2D eigenvalue weighted by atomic mass is 16.6. The first-order chi connectivity index (χ1) is 22.1. The van der Waals surface area contributed by atoms with E-state index >= 15 is 0 Å². The SMILES string of the molecule is CCc1cc(O)ccc1N=C(N)c1cnn2cc(-c3cnccc3N3CC[C@H](NC(=O)OC(C)(C)C)C3)cc2c1N[C@H]1CCOC1. The molecular formula is C34H42N8O4. The molecule has 12 heteroatoms. The molecule has 2 aliphatic rings. The van der Waals surface area contributed by atoms with Crippen LogP contribution in [0.1, 0.15) is 51.7 Å². The summed E-state index contributed by atoms with van der Waals surface area (Å²) in [5.41, 5.74) is 13.0. The molecule has 242 valence electrons. The molecule has 2 atom stereocenters. The second-order valence-electron chi connectivity index (χ2n) is 12.8. The Balaban J connectivity index is 1.34. The zero-order valence-corrected chi connectivity index (χ0v) is 26.8. The van der Waals surface area contributed by atoms with Gasteiger partial charge in [-0.25, -0.2) is 14.3 Å². The van der Waals surface area contributed by atoms with Crippen molar-refractivity contribution in [3.05, 3.63) is 66.2 Å². The van der Waals surface area contributed by atoms with Crippen LogP contribution in [-0.2, 0) is 15.9 Å². The van der Waals surface area contributed by atoms with Crippen molar-refractivity contribution in [3.8, 4) is 16.9 Å². The number of carbonyl (C=O) groups excluding carboxylic acids is 1. The number of rotatable bonds is 8. The molecule has 0 saturated carbocycles. The Labute approximate surface area is 268 Å². The maximum absolute atomic E-state index is 12.4. The summed E-state index contributed by atoms with van der Waals surface area (Å²) in [7, 11) is 0. The number of nitrogens with zero attached hydrogens (tertiary/aromatic N) is 5. The number of aryl methyl sites for hydroxylation is 1. The Bertz CT molecular complexity index is 1760. The minimum absolute atomic E-state index is 0.0262. The number of amides is 1. The highest BCUT2D eigenvalue weighted by Crippen LogP contribution is 2.36. The van der Waals surface area contributed by atoms with E-state index in [-0.39, 0.29) is 17.8 Å². The fourth-order valence-electron chi connectivity index (χ4n) is 6.01. The van der Waals surface area contributed by atoms with Crippen molar-refractivity contribution < 1.29 is 19.4 Å². The Hall–Kier alpha value is -4.84. The third-order valence-corrected chi connectivity index (χ3v) is 8.23. The average Bonchev–Trinajstić information content (AvgIpc) is 3.79. The largest absolute Gasteiger partial charge is 0.508 e. The molecule has 12 nitrogen and oxygen atoms in total. The van der Waals surface area contributed by atoms with E-state index in [1.54, 1.807) is 30.6 Å². The second-order valence-corrected chi connectivity index (χ2v) is 12.8. The van der Waals surface area contributed by atoms with Gasteiger partial charge in [0, 0.05) is 55.1 Å². The normalized spacial score (nSPS) is 18.7. The third-order valence-electron chi connectivity index (χ3n) is 8.23. The Morgan fingerprint density at radius 2 is 2.04 bits per heavy atom. The average molecular weight is 627 g/mol. The molecule has 2 saturated heterocycles. The molecule has 4 aromatic rings. The molecule has 46 heavy (non-hydrogen) atoms. The number of amidine groups is 1. The van der Waals surface area contributed by atoms with Gasteiger partial charge in [-0.2, -0.15) is 5.10 Å². The summed E-state index contributed by atoms with van der Waals surface area (Å²) in [4.78, 5) is 23.9. The van der Waals surface area contributed by atoms with Gasteiger partial charge in [-0.15, -0.1) is 0 Å². The van der Waals surface area contributed by atoms with E-state index < -0.39 is 11.7 Å². The standard InChI is InChI=1S/C34H42N8O4/c1-5-21-14-25(43)6-7-28(21)40-32(35)27-17-37-42-18-22(15-30(42)31(27)38-24-10-13-45-20-24)26-16-36-11-8-29(26)41-12-9-23(19-41)39-33(44)46-34(2,3)4/h6-8,11,14-18,23-24,38,43H,5,9-10,12-13,19-20H2,1-4H3,(H2,35,40)(H,39,44)/t23-,24-/m0/s1. The number of nitrogens with one attached hydrogen (secondary N) is 2. The van der Waals surface area contributed by atoms with E-state index in [0.717, 1.165) is 53.0 Å². The predicted molar refractivity (Wildman–Crippen MR) is 179 cm³/mol. The van der Waals surface area contributed by atoms with Gasteiger partial charge in [0.25, 0.3) is 0 Å². The van der Waals surface area contributed by atoms with E-state index in [2.05, 4.69) is 26.6 Å². The van der Waals surface area contributed by atoms with Crippen LogP contribution in [0.25, 0.3) is 16.6 Å². The number of pyridine rings is 1. The fraction of sp³-hybridized carbons (Fsp3) is 0.412. The van der Waals surface area contributed by atoms with Crippen molar-refractivity contribution in [2.45, 2.75) is 64.6 Å². The van der Waals surface area contributed by atoms with Gasteiger partial charge in [-0.1, -0.05) is 6.92 Å². The Kier molecular flexibility index (Phi) is 8.72. The first-order valence-electron chi connectivity index (χ1n) is 15.8. The van der Waals surface area contributed by atoms with Crippen LogP contribution in [0.4, 0.5) is 21.9 Å². The van der Waals surface area contributed by atoms with Crippen molar-refractivity contribution in [2.75, 3.05) is 36.5 Å². The summed E-state index contributed by atoms with van der Waals surface area (Å²) in [6.07, 6.45) is 9.36. The van der Waals surface area contributed by atoms with Crippen molar-refractivity contribution in [1.82, 2.24) is 19.9 Å². The number of anilines is 2. The lowest BCUT2D eigenvalue weighted by Crippen LogP contribution is -2.40. The zero-order valence-electron chi connectivity index (χ0n) is 26.8. The molecule has 5 N–H and O–H groups in total. The van der Waals surface area contributed by atoms with Crippen molar-refractivity contribution in [2.24, 2.45) is 10.7 Å². The summed E-state index contributed by atoms with van der Waals surface area (Å²) in [6, 6.07) is 9.29. The molecule has 0 spiro atoms. The molecule has 6 rings (SSSR count).